The number of amides is 1. The average Bonchev–Trinajstić information content (AvgIpc) is 3.55. The molecule has 2 aromatic carbocycles. The molecule has 192 valence electrons. The Morgan fingerprint density at radius 3 is 2.65 bits per heavy atom. The van der Waals surface area contributed by atoms with Crippen LogP contribution in [0, 0.1) is 6.92 Å². The molecule has 0 bridgehead atoms. The van der Waals surface area contributed by atoms with E-state index in [-0.39, 0.29) is 5.56 Å². The standard InChI is InChI=1S/C26H26F3N7O/c1-17-7-8-20(33-25(37)18-5-4-6-19(13-18)26(27,28)29)14-22(17)34-23-21-15-32-36(24(21)31-16-30-23)12-11-35-9-2-3-10-35/h4-8,13-16H,2-3,9-12H2,1H3,(H,33,37)(H,30,31,34). The number of aromatic nitrogens is 4. The van der Waals surface area contributed by atoms with Crippen molar-refractivity contribution in [3.63, 3.8) is 0 Å². The molecule has 11 heteroatoms. The fourth-order valence-corrected chi connectivity index (χ4v) is 4.40. The summed E-state index contributed by atoms with van der Waals surface area (Å²) in [6, 6.07) is 9.54. The van der Waals surface area contributed by atoms with Crippen LogP contribution in [0.4, 0.5) is 30.4 Å². The van der Waals surface area contributed by atoms with Crippen molar-refractivity contribution in [1.29, 1.82) is 0 Å². The lowest BCUT2D eigenvalue weighted by Gasteiger charge is -2.14. The van der Waals surface area contributed by atoms with E-state index in [2.05, 4.69) is 30.6 Å². The number of fused-ring (bicyclic) bond motifs is 1. The molecule has 2 aromatic heterocycles. The Kier molecular flexibility index (Phi) is 6.79. The van der Waals surface area contributed by atoms with Crippen LogP contribution >= 0.6 is 0 Å². The van der Waals surface area contributed by atoms with Gasteiger partial charge in [0.25, 0.3) is 5.91 Å². The Morgan fingerprint density at radius 1 is 1.05 bits per heavy atom. The lowest BCUT2D eigenvalue weighted by atomic mass is 10.1. The highest BCUT2D eigenvalue weighted by Crippen LogP contribution is 2.30. The minimum Gasteiger partial charge on any atom is -0.339 e. The fourth-order valence-electron chi connectivity index (χ4n) is 4.40. The first-order valence-electron chi connectivity index (χ1n) is 12.0. The number of nitrogens with one attached hydrogen (secondary N) is 2. The summed E-state index contributed by atoms with van der Waals surface area (Å²) in [6.07, 6.45) is 1.15. The van der Waals surface area contributed by atoms with Gasteiger partial charge in [-0.25, -0.2) is 14.6 Å². The number of carbonyl (C=O) groups is 1. The molecular weight excluding hydrogens is 483 g/mol. The third-order valence-corrected chi connectivity index (χ3v) is 6.46. The molecule has 0 saturated carbocycles. The highest BCUT2D eigenvalue weighted by molar-refractivity contribution is 6.04. The number of anilines is 3. The van der Waals surface area contributed by atoms with E-state index < -0.39 is 17.6 Å². The lowest BCUT2D eigenvalue weighted by Crippen LogP contribution is -2.24. The van der Waals surface area contributed by atoms with Crippen LogP contribution in [-0.4, -0.2) is 50.2 Å². The van der Waals surface area contributed by atoms with Gasteiger partial charge in [-0.2, -0.15) is 18.3 Å². The van der Waals surface area contributed by atoms with Crippen LogP contribution in [0.25, 0.3) is 11.0 Å². The maximum Gasteiger partial charge on any atom is 0.416 e. The highest BCUT2D eigenvalue weighted by Gasteiger charge is 2.31. The first kappa shape index (κ1) is 24.7. The minimum atomic E-state index is -4.53. The van der Waals surface area contributed by atoms with Gasteiger partial charge >= 0.3 is 6.18 Å². The van der Waals surface area contributed by atoms with Crippen LogP contribution in [0.2, 0.25) is 0 Å². The van der Waals surface area contributed by atoms with Gasteiger partial charge in [-0.05, 0) is 68.8 Å². The maximum absolute atomic E-state index is 13.0. The average molecular weight is 510 g/mol. The highest BCUT2D eigenvalue weighted by atomic mass is 19.4. The largest absolute Gasteiger partial charge is 0.416 e. The van der Waals surface area contributed by atoms with E-state index >= 15 is 0 Å². The second-order valence-corrected chi connectivity index (χ2v) is 9.06. The van der Waals surface area contributed by atoms with Gasteiger partial charge in [0.2, 0.25) is 0 Å². The monoisotopic (exact) mass is 509 g/mol. The maximum atomic E-state index is 13.0. The van der Waals surface area contributed by atoms with Crippen LogP contribution in [0.1, 0.15) is 34.3 Å². The molecule has 3 heterocycles. The number of rotatable bonds is 7. The van der Waals surface area contributed by atoms with E-state index in [0.29, 0.717) is 17.2 Å². The van der Waals surface area contributed by atoms with Crippen molar-refractivity contribution in [3.8, 4) is 0 Å². The summed E-state index contributed by atoms with van der Waals surface area (Å²) in [5.41, 5.74) is 1.78. The number of nitrogens with zero attached hydrogens (tertiary/aromatic N) is 5. The third kappa shape index (κ3) is 5.56. The normalized spacial score (nSPS) is 14.3. The molecule has 1 aliphatic rings. The van der Waals surface area contributed by atoms with E-state index in [1.54, 1.807) is 18.3 Å². The van der Waals surface area contributed by atoms with Crippen LogP contribution in [0.15, 0.2) is 55.0 Å². The van der Waals surface area contributed by atoms with Crippen molar-refractivity contribution in [2.24, 2.45) is 0 Å². The summed E-state index contributed by atoms with van der Waals surface area (Å²) in [4.78, 5) is 23.9. The molecular formula is C26H26F3N7O. The van der Waals surface area contributed by atoms with Crippen molar-refractivity contribution in [1.82, 2.24) is 24.6 Å². The zero-order valence-electron chi connectivity index (χ0n) is 20.2. The molecule has 0 unspecified atom stereocenters. The molecule has 37 heavy (non-hydrogen) atoms. The smallest absolute Gasteiger partial charge is 0.339 e. The van der Waals surface area contributed by atoms with Crippen LogP contribution in [-0.2, 0) is 12.7 Å². The predicted octanol–water partition coefficient (Wildman–Crippen LogP) is 5.25. The Morgan fingerprint density at radius 2 is 1.86 bits per heavy atom. The van der Waals surface area contributed by atoms with Gasteiger partial charge in [0.1, 0.15) is 12.1 Å². The van der Waals surface area contributed by atoms with E-state index in [1.165, 1.54) is 31.3 Å². The van der Waals surface area contributed by atoms with Crippen molar-refractivity contribution in [2.75, 3.05) is 30.3 Å². The Balaban J connectivity index is 1.33. The first-order chi connectivity index (χ1) is 17.8. The molecule has 1 amide bonds. The SMILES string of the molecule is Cc1ccc(NC(=O)c2cccc(C(F)(F)F)c2)cc1Nc1ncnc2c1cnn2CCN1CCCC1. The molecule has 0 atom stereocenters. The van der Waals surface area contributed by atoms with Crippen molar-refractivity contribution in [3.05, 3.63) is 71.7 Å². The molecule has 0 aliphatic carbocycles. The topological polar surface area (TPSA) is 88.0 Å². The van der Waals surface area contributed by atoms with Gasteiger partial charge in [0, 0.05) is 23.5 Å². The molecule has 0 spiro atoms. The number of halogens is 3. The number of benzene rings is 2. The zero-order chi connectivity index (χ0) is 26.0. The van der Waals surface area contributed by atoms with Gasteiger partial charge in [0.05, 0.1) is 23.7 Å². The van der Waals surface area contributed by atoms with Crippen LogP contribution in [0.5, 0.6) is 0 Å². The molecule has 1 aliphatic heterocycles. The molecule has 8 nitrogen and oxygen atoms in total. The Hall–Kier alpha value is -3.99. The minimum absolute atomic E-state index is 0.0798. The van der Waals surface area contributed by atoms with Crippen LogP contribution < -0.4 is 10.6 Å². The zero-order valence-corrected chi connectivity index (χ0v) is 20.2. The summed E-state index contributed by atoms with van der Waals surface area (Å²) in [7, 11) is 0. The van der Waals surface area contributed by atoms with Gasteiger partial charge in [-0.3, -0.25) is 4.79 Å². The fraction of sp³-hybridized carbons (Fsp3) is 0.308. The molecule has 4 aromatic rings. The number of carbonyl (C=O) groups excluding carboxylic acids is 1. The molecule has 1 saturated heterocycles. The predicted molar refractivity (Wildman–Crippen MR) is 135 cm³/mol. The molecule has 1 fully saturated rings. The van der Waals surface area contributed by atoms with Gasteiger partial charge < -0.3 is 15.5 Å². The Labute approximate surface area is 211 Å². The summed E-state index contributed by atoms with van der Waals surface area (Å²) in [5, 5.41) is 11.2. The van der Waals surface area contributed by atoms with Crippen LogP contribution in [0.3, 0.4) is 0 Å². The molecule has 0 radical (unpaired) electrons. The van der Waals surface area contributed by atoms with E-state index in [9.17, 15) is 18.0 Å². The number of alkyl halides is 3. The third-order valence-electron chi connectivity index (χ3n) is 6.46. The first-order valence-corrected chi connectivity index (χ1v) is 12.0. The number of likely N-dealkylation sites (tertiary alicyclic amines) is 1. The second kappa shape index (κ2) is 10.2. The van der Waals surface area contributed by atoms with Crippen molar-refractivity contribution >= 4 is 34.1 Å². The second-order valence-electron chi connectivity index (χ2n) is 9.06. The van der Waals surface area contributed by atoms with Gasteiger partial charge in [-0.1, -0.05) is 12.1 Å². The Bertz CT molecular complexity index is 1430. The van der Waals surface area contributed by atoms with E-state index in [4.69, 9.17) is 0 Å². The van der Waals surface area contributed by atoms with Gasteiger partial charge in [0.15, 0.2) is 5.65 Å². The lowest BCUT2D eigenvalue weighted by molar-refractivity contribution is -0.137. The van der Waals surface area contributed by atoms with E-state index in [0.717, 1.165) is 54.9 Å². The van der Waals surface area contributed by atoms with Crippen molar-refractivity contribution in [2.45, 2.75) is 32.5 Å². The summed E-state index contributed by atoms with van der Waals surface area (Å²) < 4.78 is 41.0. The summed E-state index contributed by atoms with van der Waals surface area (Å²) >= 11 is 0. The van der Waals surface area contributed by atoms with Gasteiger partial charge in [-0.15, -0.1) is 0 Å². The summed E-state index contributed by atoms with van der Waals surface area (Å²) in [6.45, 7) is 5.77. The number of hydrogen-bond acceptors (Lipinski definition) is 6. The summed E-state index contributed by atoms with van der Waals surface area (Å²) in [5.74, 6) is -0.0634. The molecule has 2 N–H and O–H groups in total. The van der Waals surface area contributed by atoms with Crippen molar-refractivity contribution < 1.29 is 18.0 Å². The quantitative estimate of drug-likeness (QED) is 0.354. The molecule has 5 rings (SSSR count). The number of aryl methyl sites for hydroxylation is 1. The van der Waals surface area contributed by atoms with E-state index in [1.807, 2.05) is 17.7 Å². The number of hydrogen-bond donors (Lipinski definition) is 2.